The van der Waals surface area contributed by atoms with E-state index in [1.54, 1.807) is 17.6 Å². The highest BCUT2D eigenvalue weighted by Gasteiger charge is 2.32. The van der Waals surface area contributed by atoms with E-state index in [1.165, 1.54) is 13.2 Å². The molecule has 158 valence electrons. The quantitative estimate of drug-likeness (QED) is 0.363. The summed E-state index contributed by atoms with van der Waals surface area (Å²) in [5, 5.41) is 3.86. The number of fused-ring (bicyclic) bond motifs is 4. The summed E-state index contributed by atoms with van der Waals surface area (Å²) in [6.07, 6.45) is 2.94. The fourth-order valence-corrected chi connectivity index (χ4v) is 5.03. The van der Waals surface area contributed by atoms with Crippen molar-refractivity contribution in [2.45, 2.75) is 45.4 Å². The third-order valence-electron chi connectivity index (χ3n) is 6.51. The van der Waals surface area contributed by atoms with Crippen molar-refractivity contribution in [3.05, 3.63) is 66.6 Å². The predicted octanol–water partition coefficient (Wildman–Crippen LogP) is 3.51. The number of pyridine rings is 2. The van der Waals surface area contributed by atoms with Crippen molar-refractivity contribution in [2.75, 3.05) is 7.11 Å². The SMILES string of the molecule is COCc1c(C(C=O)N=O)cc2n(c1=O)Cc1c-2nc2cc(F)c(C)c3c2c1CCC3. The number of hydrogen-bond donors (Lipinski definition) is 0. The summed E-state index contributed by atoms with van der Waals surface area (Å²) in [4.78, 5) is 40.7. The number of benzene rings is 1. The second kappa shape index (κ2) is 7.16. The zero-order valence-corrected chi connectivity index (χ0v) is 17.2. The average Bonchev–Trinajstić information content (AvgIpc) is 3.14. The molecular weight excluding hydrogens is 401 g/mol. The normalized spacial score (nSPS) is 14.9. The number of hydrogen-bond acceptors (Lipinski definition) is 6. The molecule has 0 spiro atoms. The Balaban J connectivity index is 1.84. The Bertz CT molecular complexity index is 1340. The number of nitrogens with zero attached hydrogens (tertiary/aromatic N) is 3. The van der Waals surface area contributed by atoms with Crippen LogP contribution in [0.5, 0.6) is 0 Å². The van der Waals surface area contributed by atoms with Gasteiger partial charge in [-0.25, -0.2) is 9.37 Å². The van der Waals surface area contributed by atoms with E-state index < -0.39 is 6.04 Å². The van der Waals surface area contributed by atoms with Gasteiger partial charge in [0, 0.05) is 35.3 Å². The second-order valence-electron chi connectivity index (χ2n) is 8.10. The first-order chi connectivity index (χ1) is 15.0. The number of carbonyl (C=O) groups is 1. The van der Waals surface area contributed by atoms with E-state index >= 15 is 0 Å². The zero-order chi connectivity index (χ0) is 21.9. The van der Waals surface area contributed by atoms with Crippen LogP contribution in [0.25, 0.3) is 22.3 Å². The Kier molecular flexibility index (Phi) is 4.55. The first-order valence-electron chi connectivity index (χ1n) is 10.2. The van der Waals surface area contributed by atoms with Crippen LogP contribution in [0.2, 0.25) is 0 Å². The number of ether oxygens (including phenoxy) is 1. The van der Waals surface area contributed by atoms with Gasteiger partial charge in [0.15, 0.2) is 12.3 Å². The lowest BCUT2D eigenvalue weighted by Crippen LogP contribution is -2.26. The van der Waals surface area contributed by atoms with Crippen molar-refractivity contribution in [3.63, 3.8) is 0 Å². The van der Waals surface area contributed by atoms with Crippen molar-refractivity contribution in [1.82, 2.24) is 9.55 Å². The highest BCUT2D eigenvalue weighted by molar-refractivity contribution is 5.92. The van der Waals surface area contributed by atoms with Crippen LogP contribution in [0.1, 0.15) is 45.8 Å². The molecule has 1 aromatic carbocycles. The molecule has 1 aliphatic carbocycles. The third kappa shape index (κ3) is 2.71. The Morgan fingerprint density at radius 1 is 1.29 bits per heavy atom. The summed E-state index contributed by atoms with van der Waals surface area (Å²) >= 11 is 0. The molecule has 2 aliphatic rings. The summed E-state index contributed by atoms with van der Waals surface area (Å²) < 4.78 is 21.3. The molecule has 5 rings (SSSR count). The lowest BCUT2D eigenvalue weighted by Gasteiger charge is -2.21. The lowest BCUT2D eigenvalue weighted by atomic mass is 9.85. The van der Waals surface area contributed by atoms with Gasteiger partial charge in [-0.2, -0.15) is 0 Å². The minimum atomic E-state index is -1.31. The van der Waals surface area contributed by atoms with Gasteiger partial charge in [0.25, 0.3) is 5.56 Å². The number of methoxy groups -OCH3 is 1. The number of nitroso groups, excluding NO2 is 1. The van der Waals surface area contributed by atoms with Crippen LogP contribution in [0.4, 0.5) is 4.39 Å². The van der Waals surface area contributed by atoms with Crippen molar-refractivity contribution in [3.8, 4) is 11.4 Å². The average molecular weight is 421 g/mol. The standard InChI is InChI=1S/C23H20FN3O4/c1-11-12-4-3-5-13-15-8-27-20(22(15)25-18(21(12)13)7-17(11)24)6-14(19(9-28)26-30)16(10-31-2)23(27)29/h6-7,9,19H,3-5,8,10H2,1-2H3. The number of aryl methyl sites for hydroxylation is 2. The van der Waals surface area contributed by atoms with Crippen molar-refractivity contribution in [1.29, 1.82) is 0 Å². The Morgan fingerprint density at radius 3 is 2.77 bits per heavy atom. The van der Waals surface area contributed by atoms with E-state index in [4.69, 9.17) is 9.72 Å². The topological polar surface area (TPSA) is 90.6 Å². The van der Waals surface area contributed by atoms with Crippen LogP contribution in [0, 0.1) is 17.6 Å². The third-order valence-corrected chi connectivity index (χ3v) is 6.51. The van der Waals surface area contributed by atoms with Gasteiger partial charge in [0.1, 0.15) is 5.82 Å². The molecule has 0 fully saturated rings. The minimum Gasteiger partial charge on any atom is -0.380 e. The van der Waals surface area contributed by atoms with Gasteiger partial charge in [0.2, 0.25) is 0 Å². The number of rotatable bonds is 5. The number of aromatic nitrogens is 2. The van der Waals surface area contributed by atoms with Gasteiger partial charge in [-0.3, -0.25) is 4.79 Å². The van der Waals surface area contributed by atoms with E-state index in [9.17, 15) is 18.9 Å². The van der Waals surface area contributed by atoms with Gasteiger partial charge < -0.3 is 14.1 Å². The van der Waals surface area contributed by atoms with Crippen LogP contribution in [0.15, 0.2) is 22.1 Å². The summed E-state index contributed by atoms with van der Waals surface area (Å²) in [5.41, 5.74) is 5.47. The fourth-order valence-electron chi connectivity index (χ4n) is 5.03. The molecule has 8 heteroatoms. The van der Waals surface area contributed by atoms with Crippen LogP contribution in [0.3, 0.4) is 0 Å². The summed E-state index contributed by atoms with van der Waals surface area (Å²) in [6.45, 7) is 2.09. The molecule has 2 aromatic heterocycles. The molecule has 0 bridgehead atoms. The molecule has 0 amide bonds. The highest BCUT2D eigenvalue weighted by Crippen LogP contribution is 2.41. The van der Waals surface area contributed by atoms with Crippen LogP contribution in [-0.2, 0) is 35.5 Å². The molecule has 3 heterocycles. The van der Waals surface area contributed by atoms with E-state index in [0.717, 1.165) is 41.3 Å². The van der Waals surface area contributed by atoms with Crippen molar-refractivity contribution < 1.29 is 13.9 Å². The number of carbonyl (C=O) groups excluding carboxylic acids is 1. The Hall–Kier alpha value is -3.26. The van der Waals surface area contributed by atoms with Gasteiger partial charge in [-0.15, -0.1) is 4.91 Å². The molecule has 0 N–H and O–H groups in total. The molecule has 1 atom stereocenters. The Morgan fingerprint density at radius 2 is 2.06 bits per heavy atom. The van der Waals surface area contributed by atoms with E-state index in [0.29, 0.717) is 35.3 Å². The summed E-state index contributed by atoms with van der Waals surface area (Å²) in [7, 11) is 1.44. The first kappa shape index (κ1) is 19.7. The molecule has 1 aliphatic heterocycles. The van der Waals surface area contributed by atoms with E-state index in [2.05, 4.69) is 5.18 Å². The smallest absolute Gasteiger partial charge is 0.257 e. The predicted molar refractivity (Wildman–Crippen MR) is 113 cm³/mol. The maximum atomic E-state index is 14.6. The molecular formula is C23H20FN3O4. The van der Waals surface area contributed by atoms with Crippen LogP contribution in [-0.4, -0.2) is 22.9 Å². The molecule has 7 nitrogen and oxygen atoms in total. The summed E-state index contributed by atoms with van der Waals surface area (Å²) in [6, 6.07) is 1.77. The summed E-state index contributed by atoms with van der Waals surface area (Å²) in [5.74, 6) is -0.291. The highest BCUT2D eigenvalue weighted by atomic mass is 19.1. The molecule has 0 saturated carbocycles. The van der Waals surface area contributed by atoms with E-state index in [1.807, 2.05) is 0 Å². The van der Waals surface area contributed by atoms with Crippen molar-refractivity contribution in [2.24, 2.45) is 5.18 Å². The monoisotopic (exact) mass is 421 g/mol. The maximum absolute atomic E-state index is 14.6. The molecule has 1 unspecified atom stereocenters. The second-order valence-corrected chi connectivity index (χ2v) is 8.10. The molecule has 31 heavy (non-hydrogen) atoms. The van der Waals surface area contributed by atoms with Crippen molar-refractivity contribution >= 4 is 17.2 Å². The van der Waals surface area contributed by atoms with Gasteiger partial charge in [-0.1, -0.05) is 5.18 Å². The Labute approximate surface area is 176 Å². The molecule has 0 saturated heterocycles. The lowest BCUT2D eigenvalue weighted by molar-refractivity contribution is -0.109. The largest absolute Gasteiger partial charge is 0.380 e. The van der Waals surface area contributed by atoms with Gasteiger partial charge in [0.05, 0.1) is 30.1 Å². The van der Waals surface area contributed by atoms with Crippen LogP contribution >= 0.6 is 0 Å². The first-order valence-corrected chi connectivity index (χ1v) is 10.2. The van der Waals surface area contributed by atoms with Gasteiger partial charge in [-0.05, 0) is 48.9 Å². The number of aldehydes is 1. The molecule has 3 aromatic rings. The maximum Gasteiger partial charge on any atom is 0.257 e. The zero-order valence-electron chi connectivity index (χ0n) is 17.2. The van der Waals surface area contributed by atoms with Gasteiger partial charge >= 0.3 is 0 Å². The van der Waals surface area contributed by atoms with E-state index in [-0.39, 0.29) is 29.1 Å². The fraction of sp³-hybridized carbons (Fsp3) is 0.348. The van der Waals surface area contributed by atoms with Crippen LogP contribution < -0.4 is 5.56 Å². The number of halogens is 1. The minimum absolute atomic E-state index is 0.0402. The molecule has 0 radical (unpaired) electrons.